The maximum Gasteiger partial charge on any atom is 0.303 e. The maximum atomic E-state index is 11.6. The van der Waals surface area contributed by atoms with Crippen molar-refractivity contribution < 1.29 is 22.9 Å². The minimum Gasteiger partial charge on any atom is -0.460 e. The van der Waals surface area contributed by atoms with E-state index in [-0.39, 0.29) is 17.8 Å². The molecule has 0 aromatic heterocycles. The molecule has 140 valence electrons. The Morgan fingerprint density at radius 2 is 2.08 bits per heavy atom. The van der Waals surface area contributed by atoms with E-state index in [0.717, 1.165) is 13.3 Å². The fourth-order valence-corrected chi connectivity index (χ4v) is 5.71. The molecule has 6 atom stereocenters. The second-order valence-corrected chi connectivity index (χ2v) is 8.58. The van der Waals surface area contributed by atoms with E-state index in [0.29, 0.717) is 24.2 Å². The quantitative estimate of drug-likeness (QED) is 0.693. The highest BCUT2D eigenvalue weighted by Crippen LogP contribution is 2.59. The molecule has 0 amide bonds. The molecule has 0 bridgehead atoms. The van der Waals surface area contributed by atoms with Gasteiger partial charge in [-0.3, -0.25) is 4.79 Å². The first-order chi connectivity index (χ1) is 13.6. The van der Waals surface area contributed by atoms with Crippen LogP contribution in [0.2, 0.25) is 0 Å². The number of fused-ring (bicyclic) bond motifs is 1. The van der Waals surface area contributed by atoms with Gasteiger partial charge in [-0.05, 0) is 74.9 Å². The van der Waals surface area contributed by atoms with Crippen molar-refractivity contribution in [2.45, 2.75) is 98.0 Å². The Kier molecular flexibility index (Phi) is 3.90. The standard InChI is InChI=1S/C21H38O3/c1-14-8-7-13-21(6)17(14)10-11-18(21)15(2)9-12-19(20(4,5)23)24-16(3)22/h14-15,17-19,23H,7-13H2,1-6H3/t14-,15+,17-,18+,19+,21-/m0/s1/i4D3,5D3. The highest BCUT2D eigenvalue weighted by Gasteiger charge is 2.51. The molecule has 2 saturated carbocycles. The van der Waals surface area contributed by atoms with Gasteiger partial charge in [0.15, 0.2) is 0 Å². The molecule has 0 unspecified atom stereocenters. The lowest BCUT2D eigenvalue weighted by atomic mass is 9.59. The molecule has 0 aliphatic heterocycles. The fourth-order valence-electron chi connectivity index (χ4n) is 5.71. The van der Waals surface area contributed by atoms with Gasteiger partial charge in [-0.25, -0.2) is 0 Å². The third-order valence-electron chi connectivity index (χ3n) is 6.89. The summed E-state index contributed by atoms with van der Waals surface area (Å²) in [6.07, 6.45) is 4.83. The van der Waals surface area contributed by atoms with Gasteiger partial charge in [0.2, 0.25) is 0 Å². The molecule has 0 aromatic rings. The molecular weight excluding hydrogens is 300 g/mol. The van der Waals surface area contributed by atoms with Crippen LogP contribution < -0.4 is 0 Å². The van der Waals surface area contributed by atoms with Crippen LogP contribution in [-0.2, 0) is 9.53 Å². The average Bonchev–Trinajstić information content (AvgIpc) is 2.93. The molecule has 3 heteroatoms. The lowest BCUT2D eigenvalue weighted by molar-refractivity contribution is -0.160. The molecule has 24 heavy (non-hydrogen) atoms. The molecule has 2 rings (SSSR count). The Bertz CT molecular complexity index is 603. The summed E-state index contributed by atoms with van der Waals surface area (Å²) in [5.74, 6) is 1.25. The van der Waals surface area contributed by atoms with Gasteiger partial charge < -0.3 is 9.84 Å². The molecular formula is C21H38O3. The number of hydrogen-bond donors (Lipinski definition) is 1. The summed E-state index contributed by atoms with van der Waals surface area (Å²) < 4.78 is 51.2. The summed E-state index contributed by atoms with van der Waals surface area (Å²) in [6, 6.07) is 0. The van der Waals surface area contributed by atoms with Crippen LogP contribution in [0.4, 0.5) is 0 Å². The number of aliphatic hydroxyl groups is 1. The van der Waals surface area contributed by atoms with Crippen molar-refractivity contribution in [3.8, 4) is 0 Å². The Hall–Kier alpha value is -0.570. The molecule has 0 heterocycles. The van der Waals surface area contributed by atoms with E-state index in [1.165, 1.54) is 25.7 Å². The number of rotatable bonds is 6. The number of ether oxygens (including phenoxy) is 1. The van der Waals surface area contributed by atoms with E-state index in [1.807, 2.05) is 0 Å². The highest BCUT2D eigenvalue weighted by molar-refractivity contribution is 5.66. The van der Waals surface area contributed by atoms with Crippen LogP contribution in [0.5, 0.6) is 0 Å². The first-order valence-electron chi connectivity index (χ1n) is 12.4. The first-order valence-corrected chi connectivity index (χ1v) is 9.45. The van der Waals surface area contributed by atoms with E-state index < -0.39 is 31.4 Å². The van der Waals surface area contributed by atoms with Gasteiger partial charge in [0.05, 0.1) is 5.60 Å². The van der Waals surface area contributed by atoms with Crippen LogP contribution in [0, 0.1) is 29.1 Å². The van der Waals surface area contributed by atoms with Crippen molar-refractivity contribution in [1.82, 2.24) is 0 Å². The zero-order valence-corrected chi connectivity index (χ0v) is 15.6. The van der Waals surface area contributed by atoms with Gasteiger partial charge >= 0.3 is 5.97 Å². The van der Waals surface area contributed by atoms with Crippen LogP contribution in [0.1, 0.15) is 94.6 Å². The topological polar surface area (TPSA) is 46.5 Å². The largest absolute Gasteiger partial charge is 0.460 e. The summed E-state index contributed by atoms with van der Waals surface area (Å²) in [5, 5.41) is 10.8. The van der Waals surface area contributed by atoms with Crippen molar-refractivity contribution >= 4 is 5.97 Å². The Morgan fingerprint density at radius 3 is 2.71 bits per heavy atom. The SMILES string of the molecule is [2H]C([2H])([2H])C(O)([C@@H](CC[C@@H](C)[C@H]1CC[C@H]2[C@@H](C)CCC[C@]12C)OC(C)=O)C([2H])([2H])[2H]. The Labute approximate surface area is 157 Å². The van der Waals surface area contributed by atoms with Gasteiger partial charge in [-0.1, -0.05) is 33.6 Å². The molecule has 3 nitrogen and oxygen atoms in total. The smallest absolute Gasteiger partial charge is 0.303 e. The second kappa shape index (κ2) is 7.35. The van der Waals surface area contributed by atoms with Gasteiger partial charge in [0, 0.05) is 15.1 Å². The number of esters is 1. The lowest BCUT2D eigenvalue weighted by Crippen LogP contribution is -2.41. The summed E-state index contributed by atoms with van der Waals surface area (Å²) in [7, 11) is 0. The summed E-state index contributed by atoms with van der Waals surface area (Å²) in [4.78, 5) is 11.6. The third kappa shape index (κ3) is 4.15. The van der Waals surface area contributed by atoms with E-state index in [9.17, 15) is 9.90 Å². The maximum absolute atomic E-state index is 11.6. The van der Waals surface area contributed by atoms with Gasteiger partial charge in [0.1, 0.15) is 6.10 Å². The van der Waals surface area contributed by atoms with Crippen molar-refractivity contribution in [1.29, 1.82) is 0 Å². The average molecular weight is 345 g/mol. The monoisotopic (exact) mass is 344 g/mol. The lowest BCUT2D eigenvalue weighted by Gasteiger charge is -2.46. The summed E-state index contributed by atoms with van der Waals surface area (Å²) in [5.41, 5.74) is -2.87. The predicted molar refractivity (Wildman–Crippen MR) is 97.6 cm³/mol. The van der Waals surface area contributed by atoms with Crippen LogP contribution in [0.15, 0.2) is 0 Å². The zero-order chi connectivity index (χ0) is 23.1. The fraction of sp³-hybridized carbons (Fsp3) is 0.952. The minimum atomic E-state index is -3.22. The summed E-state index contributed by atoms with van der Waals surface area (Å²) >= 11 is 0. The third-order valence-corrected chi connectivity index (χ3v) is 6.89. The van der Waals surface area contributed by atoms with E-state index in [1.54, 1.807) is 0 Å². The second-order valence-electron chi connectivity index (χ2n) is 8.58. The molecule has 0 saturated heterocycles. The van der Waals surface area contributed by atoms with Crippen LogP contribution in [0.25, 0.3) is 0 Å². The van der Waals surface area contributed by atoms with Gasteiger partial charge in [-0.15, -0.1) is 0 Å². The van der Waals surface area contributed by atoms with Crippen molar-refractivity contribution in [2.24, 2.45) is 29.1 Å². The number of carbonyl (C=O) groups is 1. The van der Waals surface area contributed by atoms with E-state index >= 15 is 0 Å². The van der Waals surface area contributed by atoms with E-state index in [4.69, 9.17) is 13.0 Å². The molecule has 2 aliphatic rings. The molecule has 2 fully saturated rings. The Balaban J connectivity index is 2.21. The minimum absolute atomic E-state index is 0.000820. The predicted octanol–water partition coefficient (Wildman–Crippen LogP) is 4.96. The van der Waals surface area contributed by atoms with Crippen molar-refractivity contribution in [2.75, 3.05) is 0 Å². The van der Waals surface area contributed by atoms with E-state index in [2.05, 4.69) is 20.8 Å². The molecule has 2 aliphatic carbocycles. The highest BCUT2D eigenvalue weighted by atomic mass is 16.6. The normalized spacial score (nSPS) is 40.8. The summed E-state index contributed by atoms with van der Waals surface area (Å²) in [6.45, 7) is 1.48. The molecule has 0 spiro atoms. The number of hydrogen-bond acceptors (Lipinski definition) is 3. The van der Waals surface area contributed by atoms with Crippen LogP contribution in [0.3, 0.4) is 0 Å². The Morgan fingerprint density at radius 1 is 1.38 bits per heavy atom. The van der Waals surface area contributed by atoms with Crippen LogP contribution in [-0.4, -0.2) is 22.8 Å². The molecule has 1 N–H and O–H groups in total. The first kappa shape index (κ1) is 12.7. The van der Waals surface area contributed by atoms with Gasteiger partial charge in [0.25, 0.3) is 0 Å². The zero-order valence-electron chi connectivity index (χ0n) is 21.6. The van der Waals surface area contributed by atoms with Crippen LogP contribution >= 0.6 is 0 Å². The molecule has 0 aromatic carbocycles. The number of carbonyl (C=O) groups excluding carboxylic acids is 1. The molecule has 0 radical (unpaired) electrons. The van der Waals surface area contributed by atoms with Crippen molar-refractivity contribution in [3.63, 3.8) is 0 Å². The van der Waals surface area contributed by atoms with Gasteiger partial charge in [-0.2, -0.15) is 0 Å². The van der Waals surface area contributed by atoms with Crippen molar-refractivity contribution in [3.05, 3.63) is 0 Å².